The van der Waals surface area contributed by atoms with Gasteiger partial charge in [0.25, 0.3) is 11.3 Å². The predicted octanol–water partition coefficient (Wildman–Crippen LogP) is 5.01. The Morgan fingerprint density at radius 1 is 1.19 bits per heavy atom. The van der Waals surface area contributed by atoms with Crippen LogP contribution in [0.15, 0.2) is 36.4 Å². The Kier molecular flexibility index (Phi) is 5.23. The zero-order valence-electron chi connectivity index (χ0n) is 15.0. The first-order valence-electron chi connectivity index (χ1n) is 8.21. The van der Waals surface area contributed by atoms with Gasteiger partial charge in [0, 0.05) is 10.8 Å². The SMILES string of the molecule is Cc1c(N(c2ccc(C(=O)O)c(O)c2)S(=O)O)sc2ccc(C(C)C)cc12. The van der Waals surface area contributed by atoms with Gasteiger partial charge in [-0.2, -0.15) is 0 Å². The van der Waals surface area contributed by atoms with E-state index in [1.54, 1.807) is 0 Å². The van der Waals surface area contributed by atoms with Crippen LogP contribution in [0.2, 0.25) is 0 Å². The highest BCUT2D eigenvalue weighted by Gasteiger charge is 2.23. The molecule has 0 aliphatic heterocycles. The molecule has 2 aromatic carbocycles. The molecule has 0 saturated heterocycles. The van der Waals surface area contributed by atoms with Crippen LogP contribution < -0.4 is 4.31 Å². The van der Waals surface area contributed by atoms with Crippen LogP contribution in [0.3, 0.4) is 0 Å². The molecule has 0 aliphatic rings. The third-order valence-electron chi connectivity index (χ3n) is 4.39. The number of hydrogen-bond donors (Lipinski definition) is 3. The number of thiophene rings is 1. The third-order valence-corrected chi connectivity index (χ3v) is 6.47. The van der Waals surface area contributed by atoms with Crippen molar-refractivity contribution in [3.8, 4) is 5.75 Å². The normalized spacial score (nSPS) is 12.5. The van der Waals surface area contributed by atoms with E-state index in [0.29, 0.717) is 10.9 Å². The summed E-state index contributed by atoms with van der Waals surface area (Å²) in [5, 5.41) is 20.6. The Balaban J connectivity index is 2.16. The summed E-state index contributed by atoms with van der Waals surface area (Å²) >= 11 is -1.03. The zero-order valence-corrected chi connectivity index (χ0v) is 16.6. The van der Waals surface area contributed by atoms with Crippen LogP contribution in [0.4, 0.5) is 10.7 Å². The first-order valence-corrected chi connectivity index (χ1v) is 10.1. The van der Waals surface area contributed by atoms with E-state index in [-0.39, 0.29) is 11.3 Å². The second-order valence-corrected chi connectivity index (χ2v) is 8.33. The van der Waals surface area contributed by atoms with Gasteiger partial charge in [-0.25, -0.2) is 13.3 Å². The molecule has 1 heterocycles. The van der Waals surface area contributed by atoms with Crippen LogP contribution in [0.25, 0.3) is 10.1 Å². The minimum Gasteiger partial charge on any atom is -0.507 e. The number of phenols is 1. The molecule has 0 spiro atoms. The van der Waals surface area contributed by atoms with E-state index in [4.69, 9.17) is 5.11 Å². The van der Waals surface area contributed by atoms with E-state index in [0.717, 1.165) is 15.6 Å². The van der Waals surface area contributed by atoms with Gasteiger partial charge in [0.2, 0.25) is 0 Å². The smallest absolute Gasteiger partial charge is 0.339 e. The van der Waals surface area contributed by atoms with Crippen LogP contribution in [0, 0.1) is 6.92 Å². The number of nitrogens with zero attached hydrogens (tertiary/aromatic N) is 1. The molecular weight excluding hydrogens is 386 g/mol. The number of aromatic carboxylic acids is 1. The number of aromatic hydroxyl groups is 1. The number of fused-ring (bicyclic) bond motifs is 1. The van der Waals surface area contributed by atoms with Crippen LogP contribution in [0.1, 0.15) is 41.3 Å². The summed E-state index contributed by atoms with van der Waals surface area (Å²) in [6, 6.07) is 9.92. The van der Waals surface area contributed by atoms with Crippen molar-refractivity contribution >= 4 is 49.3 Å². The first kappa shape index (κ1) is 19.3. The van der Waals surface area contributed by atoms with Crippen LogP contribution in [-0.2, 0) is 11.3 Å². The van der Waals surface area contributed by atoms with E-state index in [1.807, 2.05) is 19.1 Å². The molecule has 3 N–H and O–H groups in total. The van der Waals surface area contributed by atoms with Gasteiger partial charge in [0.05, 0.1) is 5.69 Å². The Labute approximate surface area is 163 Å². The van der Waals surface area contributed by atoms with Gasteiger partial charge >= 0.3 is 5.97 Å². The van der Waals surface area contributed by atoms with Crippen molar-refractivity contribution in [3.63, 3.8) is 0 Å². The fourth-order valence-electron chi connectivity index (χ4n) is 2.88. The summed E-state index contributed by atoms with van der Waals surface area (Å²) in [5.74, 6) is -1.37. The molecular formula is C19H19NO5S2. The number of carboxylic acids is 1. The molecule has 3 aromatic rings. The summed E-state index contributed by atoms with van der Waals surface area (Å²) < 4.78 is 24.1. The lowest BCUT2D eigenvalue weighted by atomic mass is 10.0. The maximum atomic E-state index is 12.1. The minimum absolute atomic E-state index is 0.233. The summed E-state index contributed by atoms with van der Waals surface area (Å²) in [6.07, 6.45) is 0. The average Bonchev–Trinajstić information content (AvgIpc) is 2.90. The monoisotopic (exact) mass is 405 g/mol. The van der Waals surface area contributed by atoms with E-state index in [9.17, 15) is 18.7 Å². The highest BCUT2D eigenvalue weighted by Crippen LogP contribution is 2.43. The molecule has 0 bridgehead atoms. The number of hydrogen-bond acceptors (Lipinski definition) is 4. The number of anilines is 2. The summed E-state index contributed by atoms with van der Waals surface area (Å²) in [7, 11) is 0. The van der Waals surface area contributed by atoms with Crippen molar-refractivity contribution in [2.24, 2.45) is 0 Å². The molecule has 8 heteroatoms. The zero-order chi connectivity index (χ0) is 19.9. The maximum Gasteiger partial charge on any atom is 0.339 e. The van der Waals surface area contributed by atoms with E-state index in [2.05, 4.69) is 19.9 Å². The largest absolute Gasteiger partial charge is 0.507 e. The second-order valence-electron chi connectivity index (χ2n) is 6.47. The molecule has 27 heavy (non-hydrogen) atoms. The first-order chi connectivity index (χ1) is 12.7. The minimum atomic E-state index is -2.40. The number of carboxylic acid groups (broad SMARTS) is 1. The second kappa shape index (κ2) is 7.30. The molecule has 1 atom stereocenters. The van der Waals surface area contributed by atoms with Gasteiger partial charge in [-0.1, -0.05) is 19.9 Å². The predicted molar refractivity (Wildman–Crippen MR) is 109 cm³/mol. The van der Waals surface area contributed by atoms with Crippen molar-refractivity contribution in [1.82, 2.24) is 0 Å². The van der Waals surface area contributed by atoms with Gasteiger partial charge in [-0.05, 0) is 53.6 Å². The maximum absolute atomic E-state index is 12.1. The molecule has 1 unspecified atom stereocenters. The van der Waals surface area contributed by atoms with Crippen LogP contribution in [0.5, 0.6) is 5.75 Å². The standard InChI is InChI=1S/C19H19NO5S2/c1-10(2)12-4-7-17-15(8-12)11(3)18(26-17)20(27(24)25)13-5-6-14(19(22)23)16(21)9-13/h4-10,21H,1-3H3,(H,22,23)(H,24,25). The lowest BCUT2D eigenvalue weighted by Gasteiger charge is -2.19. The molecule has 0 radical (unpaired) electrons. The van der Waals surface area contributed by atoms with Gasteiger partial charge in [-0.3, -0.25) is 4.55 Å². The fourth-order valence-corrected chi connectivity index (χ4v) is 4.88. The molecule has 0 fully saturated rings. The van der Waals surface area contributed by atoms with Gasteiger partial charge in [-0.15, -0.1) is 11.3 Å². The Bertz CT molecular complexity index is 1060. The van der Waals surface area contributed by atoms with Crippen molar-refractivity contribution < 1.29 is 23.8 Å². The topological polar surface area (TPSA) is 98.1 Å². The number of aryl methyl sites for hydroxylation is 1. The summed E-state index contributed by atoms with van der Waals surface area (Å²) in [6.45, 7) is 6.08. The molecule has 0 saturated carbocycles. The molecule has 0 aliphatic carbocycles. The van der Waals surface area contributed by atoms with Crippen LogP contribution in [-0.4, -0.2) is 24.9 Å². The Morgan fingerprint density at radius 3 is 2.44 bits per heavy atom. The quantitative estimate of drug-likeness (QED) is 0.518. The van der Waals surface area contributed by atoms with E-state index in [1.165, 1.54) is 39.4 Å². The third kappa shape index (κ3) is 3.55. The van der Waals surface area contributed by atoms with Gasteiger partial charge < -0.3 is 10.2 Å². The molecule has 3 rings (SSSR count). The van der Waals surface area contributed by atoms with Crippen molar-refractivity contribution in [2.45, 2.75) is 26.7 Å². The Hall–Kier alpha value is -2.42. The van der Waals surface area contributed by atoms with Gasteiger partial charge in [0.15, 0.2) is 0 Å². The lowest BCUT2D eigenvalue weighted by molar-refractivity contribution is 0.0694. The van der Waals surface area contributed by atoms with Crippen molar-refractivity contribution in [1.29, 1.82) is 0 Å². The highest BCUT2D eigenvalue weighted by molar-refractivity contribution is 7.81. The molecule has 0 amide bonds. The van der Waals surface area contributed by atoms with Crippen molar-refractivity contribution in [3.05, 3.63) is 53.1 Å². The van der Waals surface area contributed by atoms with Crippen molar-refractivity contribution in [2.75, 3.05) is 4.31 Å². The van der Waals surface area contributed by atoms with Gasteiger partial charge in [0.1, 0.15) is 16.3 Å². The van der Waals surface area contributed by atoms with E-state index >= 15 is 0 Å². The fraction of sp³-hybridized carbons (Fsp3) is 0.211. The molecule has 6 nitrogen and oxygen atoms in total. The Morgan fingerprint density at radius 2 is 1.89 bits per heavy atom. The number of rotatable bonds is 5. The highest BCUT2D eigenvalue weighted by atomic mass is 32.2. The number of carbonyl (C=O) groups is 1. The molecule has 1 aromatic heterocycles. The number of benzene rings is 2. The average molecular weight is 405 g/mol. The summed E-state index contributed by atoms with van der Waals surface area (Å²) in [5.41, 5.74) is 1.99. The van der Waals surface area contributed by atoms with Crippen LogP contribution >= 0.6 is 11.3 Å². The lowest BCUT2D eigenvalue weighted by Crippen LogP contribution is -2.19. The molecule has 142 valence electrons. The summed E-state index contributed by atoms with van der Waals surface area (Å²) in [4.78, 5) is 11.1. The van der Waals surface area contributed by atoms with E-state index < -0.39 is 23.0 Å².